The number of piperidine rings is 1. The molecule has 1 saturated heterocycles. The number of nitrogens with one attached hydrogen (secondary N) is 2. The van der Waals surface area contributed by atoms with Gasteiger partial charge in [-0.3, -0.25) is 10.2 Å². The van der Waals surface area contributed by atoms with Gasteiger partial charge in [-0.1, -0.05) is 17.7 Å². The first-order valence-corrected chi connectivity index (χ1v) is 6.59. The number of rotatable bonds is 1. The van der Waals surface area contributed by atoms with Crippen LogP contribution in [-0.4, -0.2) is 29.9 Å². The first kappa shape index (κ1) is 13.4. The molecule has 3 amide bonds. The second kappa shape index (κ2) is 6.22. The number of hydrogen-bond acceptors (Lipinski definition) is 2. The molecule has 5 nitrogen and oxygen atoms in total. The van der Waals surface area contributed by atoms with E-state index < -0.39 is 0 Å². The lowest BCUT2D eigenvalue weighted by molar-refractivity contribution is 0.0928. The summed E-state index contributed by atoms with van der Waals surface area (Å²) in [7, 11) is 0. The van der Waals surface area contributed by atoms with E-state index in [-0.39, 0.29) is 11.9 Å². The van der Waals surface area contributed by atoms with Gasteiger partial charge < -0.3 is 4.90 Å². The number of nitrogens with zero attached hydrogens (tertiary/aromatic N) is 1. The molecule has 19 heavy (non-hydrogen) atoms. The van der Waals surface area contributed by atoms with Crippen LogP contribution >= 0.6 is 0 Å². The second-order valence-corrected chi connectivity index (χ2v) is 4.80. The third-order valence-electron chi connectivity index (χ3n) is 3.24. The maximum Gasteiger partial charge on any atom is 0.336 e. The number of benzene rings is 1. The monoisotopic (exact) mass is 261 g/mol. The van der Waals surface area contributed by atoms with Crippen LogP contribution in [0.25, 0.3) is 0 Å². The zero-order valence-corrected chi connectivity index (χ0v) is 11.1. The molecule has 2 N–H and O–H groups in total. The van der Waals surface area contributed by atoms with Crippen molar-refractivity contribution in [3.8, 4) is 0 Å². The van der Waals surface area contributed by atoms with Gasteiger partial charge in [0.25, 0.3) is 5.91 Å². The predicted octanol–water partition coefficient (Wildman–Crippen LogP) is 1.84. The number of carbonyl (C=O) groups is 2. The van der Waals surface area contributed by atoms with E-state index in [2.05, 4.69) is 10.9 Å². The molecule has 1 aromatic carbocycles. The molecule has 0 aliphatic carbocycles. The number of hydrogen-bond donors (Lipinski definition) is 2. The van der Waals surface area contributed by atoms with Crippen LogP contribution in [0.2, 0.25) is 0 Å². The molecule has 1 aliphatic heterocycles. The SMILES string of the molecule is Cc1ccc(C(=O)NNC(=O)N2CCCCC2)cc1. The third-order valence-corrected chi connectivity index (χ3v) is 3.24. The highest BCUT2D eigenvalue weighted by molar-refractivity contribution is 5.95. The van der Waals surface area contributed by atoms with E-state index in [1.807, 2.05) is 19.1 Å². The standard InChI is InChI=1S/C14H19N3O2/c1-11-5-7-12(8-6-11)13(18)15-16-14(19)17-9-3-2-4-10-17/h5-8H,2-4,9-10H2,1H3,(H,15,18)(H,16,19). The molecular weight excluding hydrogens is 242 g/mol. The van der Waals surface area contributed by atoms with Crippen LogP contribution in [0, 0.1) is 6.92 Å². The molecule has 5 heteroatoms. The van der Waals surface area contributed by atoms with Crippen LogP contribution in [0.1, 0.15) is 35.2 Å². The van der Waals surface area contributed by atoms with Crippen molar-refractivity contribution in [1.29, 1.82) is 0 Å². The normalized spacial score (nSPS) is 14.9. The van der Waals surface area contributed by atoms with Crippen LogP contribution in [0.5, 0.6) is 0 Å². The summed E-state index contributed by atoms with van der Waals surface area (Å²) >= 11 is 0. The lowest BCUT2D eigenvalue weighted by Gasteiger charge is -2.26. The average Bonchev–Trinajstić information content (AvgIpc) is 2.46. The molecule has 1 fully saturated rings. The second-order valence-electron chi connectivity index (χ2n) is 4.80. The van der Waals surface area contributed by atoms with Crippen molar-refractivity contribution in [2.24, 2.45) is 0 Å². The van der Waals surface area contributed by atoms with Gasteiger partial charge >= 0.3 is 6.03 Å². The molecule has 1 aliphatic rings. The summed E-state index contributed by atoms with van der Waals surface area (Å²) in [5.74, 6) is -0.301. The topological polar surface area (TPSA) is 61.4 Å². The van der Waals surface area contributed by atoms with Crippen LogP contribution in [0.3, 0.4) is 0 Å². The quantitative estimate of drug-likeness (QED) is 0.758. The Morgan fingerprint density at radius 3 is 2.26 bits per heavy atom. The summed E-state index contributed by atoms with van der Waals surface area (Å²) < 4.78 is 0. The maximum absolute atomic E-state index is 11.8. The van der Waals surface area contributed by atoms with Gasteiger partial charge in [-0.25, -0.2) is 10.2 Å². The van der Waals surface area contributed by atoms with E-state index in [1.54, 1.807) is 17.0 Å². The largest absolute Gasteiger partial charge is 0.336 e. The van der Waals surface area contributed by atoms with Crippen molar-refractivity contribution in [2.45, 2.75) is 26.2 Å². The smallest absolute Gasteiger partial charge is 0.323 e. The van der Waals surface area contributed by atoms with E-state index >= 15 is 0 Å². The Hall–Kier alpha value is -2.04. The van der Waals surface area contributed by atoms with Crippen LogP contribution in [0.4, 0.5) is 4.79 Å². The number of hydrazine groups is 1. The summed E-state index contributed by atoms with van der Waals surface area (Å²) in [6, 6.07) is 6.96. The van der Waals surface area contributed by atoms with Gasteiger partial charge in [0.1, 0.15) is 0 Å². The molecular formula is C14H19N3O2. The molecule has 0 spiro atoms. The fourth-order valence-electron chi connectivity index (χ4n) is 2.06. The van der Waals surface area contributed by atoms with Crippen molar-refractivity contribution in [3.63, 3.8) is 0 Å². The predicted molar refractivity (Wildman–Crippen MR) is 72.6 cm³/mol. The minimum atomic E-state index is -0.301. The van der Waals surface area contributed by atoms with Gasteiger partial charge in [-0.05, 0) is 38.3 Å². The van der Waals surface area contributed by atoms with Crippen molar-refractivity contribution < 1.29 is 9.59 Å². The van der Waals surface area contributed by atoms with Gasteiger partial charge in [0.15, 0.2) is 0 Å². The van der Waals surface area contributed by atoms with E-state index in [0.29, 0.717) is 5.56 Å². The highest BCUT2D eigenvalue weighted by Gasteiger charge is 2.16. The average molecular weight is 261 g/mol. The van der Waals surface area contributed by atoms with Crippen molar-refractivity contribution in [1.82, 2.24) is 15.8 Å². The Balaban J connectivity index is 1.82. The molecule has 1 aromatic rings. The fourth-order valence-corrected chi connectivity index (χ4v) is 2.06. The first-order chi connectivity index (χ1) is 9.16. The highest BCUT2D eigenvalue weighted by Crippen LogP contribution is 2.08. The molecule has 0 atom stereocenters. The lowest BCUT2D eigenvalue weighted by atomic mass is 10.1. The summed E-state index contributed by atoms with van der Waals surface area (Å²) in [6.45, 7) is 3.47. The molecule has 0 bridgehead atoms. The van der Waals surface area contributed by atoms with Crippen LogP contribution < -0.4 is 10.9 Å². The first-order valence-electron chi connectivity index (χ1n) is 6.59. The summed E-state index contributed by atoms with van der Waals surface area (Å²) in [5.41, 5.74) is 6.51. The zero-order chi connectivity index (χ0) is 13.7. The summed E-state index contributed by atoms with van der Waals surface area (Å²) in [6.07, 6.45) is 3.22. The number of amides is 3. The molecule has 0 saturated carbocycles. The summed E-state index contributed by atoms with van der Waals surface area (Å²) in [4.78, 5) is 25.3. The Morgan fingerprint density at radius 1 is 1.00 bits per heavy atom. The van der Waals surface area contributed by atoms with Crippen molar-refractivity contribution in [3.05, 3.63) is 35.4 Å². The van der Waals surface area contributed by atoms with E-state index in [9.17, 15) is 9.59 Å². The van der Waals surface area contributed by atoms with Gasteiger partial charge in [0, 0.05) is 18.7 Å². The minimum absolute atomic E-state index is 0.236. The van der Waals surface area contributed by atoms with Gasteiger partial charge in [0.05, 0.1) is 0 Å². The molecule has 0 radical (unpaired) electrons. The lowest BCUT2D eigenvalue weighted by Crippen LogP contribution is -2.50. The number of carbonyl (C=O) groups excluding carboxylic acids is 2. The Bertz CT molecular complexity index is 450. The Kier molecular flexibility index (Phi) is 4.39. The number of likely N-dealkylation sites (tertiary alicyclic amines) is 1. The van der Waals surface area contributed by atoms with Gasteiger partial charge in [-0.2, -0.15) is 0 Å². The number of urea groups is 1. The number of aryl methyl sites for hydroxylation is 1. The van der Waals surface area contributed by atoms with Crippen LogP contribution in [-0.2, 0) is 0 Å². The van der Waals surface area contributed by atoms with E-state index in [0.717, 1.165) is 31.5 Å². The summed E-state index contributed by atoms with van der Waals surface area (Å²) in [5, 5.41) is 0. The molecule has 1 heterocycles. The molecule has 2 rings (SSSR count). The highest BCUT2D eigenvalue weighted by atomic mass is 16.2. The van der Waals surface area contributed by atoms with Gasteiger partial charge in [-0.15, -0.1) is 0 Å². The Morgan fingerprint density at radius 2 is 1.63 bits per heavy atom. The van der Waals surface area contributed by atoms with Gasteiger partial charge in [0.2, 0.25) is 0 Å². The van der Waals surface area contributed by atoms with Crippen LogP contribution in [0.15, 0.2) is 24.3 Å². The van der Waals surface area contributed by atoms with E-state index in [4.69, 9.17) is 0 Å². The Labute approximate surface area is 112 Å². The zero-order valence-electron chi connectivity index (χ0n) is 11.1. The van der Waals surface area contributed by atoms with Crippen molar-refractivity contribution >= 4 is 11.9 Å². The fraction of sp³-hybridized carbons (Fsp3) is 0.429. The maximum atomic E-state index is 11.8. The third kappa shape index (κ3) is 3.71. The van der Waals surface area contributed by atoms with Crippen molar-refractivity contribution in [2.75, 3.05) is 13.1 Å². The molecule has 0 aromatic heterocycles. The van der Waals surface area contributed by atoms with E-state index in [1.165, 1.54) is 6.42 Å². The molecule has 0 unspecified atom stereocenters. The minimum Gasteiger partial charge on any atom is -0.323 e. The molecule has 102 valence electrons.